The van der Waals surface area contributed by atoms with E-state index in [1.165, 1.54) is 0 Å². The van der Waals surface area contributed by atoms with Crippen molar-refractivity contribution in [2.24, 2.45) is 0 Å². The second kappa shape index (κ2) is 6.60. The number of halogens is 1. The van der Waals surface area contributed by atoms with Crippen molar-refractivity contribution in [3.8, 4) is 5.69 Å². The minimum Gasteiger partial charge on any atom is -0.372 e. The molecule has 2 aromatic rings. The van der Waals surface area contributed by atoms with Crippen LogP contribution in [0.2, 0.25) is 5.02 Å². The van der Waals surface area contributed by atoms with Crippen LogP contribution in [-0.2, 0) is 4.74 Å². The Bertz CT molecular complexity index is 679. The largest absolute Gasteiger partial charge is 0.372 e. The number of ether oxygens (including phenoxy) is 1. The number of nitrogens with one attached hydrogen (secondary N) is 1. The van der Waals surface area contributed by atoms with E-state index in [-0.39, 0.29) is 18.2 Å². The second-order valence-corrected chi connectivity index (χ2v) is 6.12. The summed E-state index contributed by atoms with van der Waals surface area (Å²) in [4.78, 5) is 14.1. The minimum absolute atomic E-state index is 0.0373. The van der Waals surface area contributed by atoms with E-state index in [0.29, 0.717) is 23.8 Å². The summed E-state index contributed by atoms with van der Waals surface area (Å²) in [5.41, 5.74) is 1.42. The van der Waals surface area contributed by atoms with Crippen molar-refractivity contribution in [2.75, 3.05) is 18.4 Å². The van der Waals surface area contributed by atoms with E-state index in [1.54, 1.807) is 21.8 Å². The van der Waals surface area contributed by atoms with Gasteiger partial charge in [-0.25, -0.2) is 9.48 Å². The van der Waals surface area contributed by atoms with Crippen molar-refractivity contribution in [3.63, 3.8) is 0 Å². The Hall–Kier alpha value is -2.05. The summed E-state index contributed by atoms with van der Waals surface area (Å²) in [6, 6.07) is 7.05. The Labute approximate surface area is 140 Å². The van der Waals surface area contributed by atoms with Gasteiger partial charge in [-0.15, -0.1) is 0 Å². The van der Waals surface area contributed by atoms with Crippen LogP contribution in [0.4, 0.5) is 10.5 Å². The molecule has 2 amide bonds. The lowest BCUT2D eigenvalue weighted by Crippen LogP contribution is -2.49. The number of morpholine rings is 1. The first-order chi connectivity index (χ1) is 11.0. The van der Waals surface area contributed by atoms with Crippen molar-refractivity contribution < 1.29 is 9.53 Å². The summed E-state index contributed by atoms with van der Waals surface area (Å²) in [6.07, 6.45) is 3.58. The van der Waals surface area contributed by atoms with Crippen LogP contribution in [-0.4, -0.2) is 46.0 Å². The van der Waals surface area contributed by atoms with Gasteiger partial charge in [-0.05, 0) is 38.1 Å². The predicted molar refractivity (Wildman–Crippen MR) is 89.2 cm³/mol. The summed E-state index contributed by atoms with van der Waals surface area (Å²) in [5, 5.41) is 7.56. The third-order valence-electron chi connectivity index (χ3n) is 3.66. The number of benzene rings is 1. The monoisotopic (exact) mass is 334 g/mol. The van der Waals surface area contributed by atoms with Crippen LogP contribution in [0.1, 0.15) is 13.8 Å². The fraction of sp³-hybridized carbons (Fsp3) is 0.375. The van der Waals surface area contributed by atoms with E-state index < -0.39 is 0 Å². The average molecular weight is 335 g/mol. The number of carbonyl (C=O) groups excluding carboxylic acids is 1. The Morgan fingerprint density at radius 2 is 2.09 bits per heavy atom. The molecule has 2 unspecified atom stereocenters. The normalized spacial score (nSPS) is 21.3. The van der Waals surface area contributed by atoms with Crippen LogP contribution in [0.25, 0.3) is 5.69 Å². The highest BCUT2D eigenvalue weighted by Crippen LogP contribution is 2.24. The molecule has 1 aliphatic rings. The van der Waals surface area contributed by atoms with Gasteiger partial charge in [0.2, 0.25) is 0 Å². The zero-order valence-electron chi connectivity index (χ0n) is 13.1. The first-order valence-corrected chi connectivity index (χ1v) is 7.91. The molecule has 7 heteroatoms. The highest BCUT2D eigenvalue weighted by Gasteiger charge is 2.25. The molecule has 1 N–H and O–H groups in total. The van der Waals surface area contributed by atoms with Gasteiger partial charge in [-0.2, -0.15) is 5.10 Å². The summed E-state index contributed by atoms with van der Waals surface area (Å²) < 4.78 is 7.32. The molecule has 23 heavy (non-hydrogen) atoms. The highest BCUT2D eigenvalue weighted by atomic mass is 35.5. The first-order valence-electron chi connectivity index (χ1n) is 7.54. The lowest BCUT2D eigenvalue weighted by Gasteiger charge is -2.35. The molecule has 122 valence electrons. The van der Waals surface area contributed by atoms with Gasteiger partial charge in [0.15, 0.2) is 0 Å². The Balaban J connectivity index is 1.70. The predicted octanol–water partition coefficient (Wildman–Crippen LogP) is 3.17. The van der Waals surface area contributed by atoms with E-state index in [0.717, 1.165) is 5.69 Å². The molecular weight excluding hydrogens is 316 g/mol. The fourth-order valence-corrected chi connectivity index (χ4v) is 3.00. The minimum atomic E-state index is -0.144. The smallest absolute Gasteiger partial charge is 0.322 e. The van der Waals surface area contributed by atoms with Crippen molar-refractivity contribution in [3.05, 3.63) is 41.7 Å². The number of aromatic nitrogens is 2. The Morgan fingerprint density at radius 3 is 2.70 bits per heavy atom. The maximum absolute atomic E-state index is 12.4. The zero-order valence-corrected chi connectivity index (χ0v) is 13.8. The Morgan fingerprint density at radius 1 is 1.35 bits per heavy atom. The molecule has 1 fully saturated rings. The Kier molecular flexibility index (Phi) is 4.54. The van der Waals surface area contributed by atoms with E-state index in [2.05, 4.69) is 10.4 Å². The van der Waals surface area contributed by atoms with Gasteiger partial charge < -0.3 is 15.0 Å². The van der Waals surface area contributed by atoms with Crippen LogP contribution < -0.4 is 5.32 Å². The van der Waals surface area contributed by atoms with Crippen molar-refractivity contribution in [2.45, 2.75) is 26.1 Å². The van der Waals surface area contributed by atoms with Crippen LogP contribution >= 0.6 is 11.6 Å². The second-order valence-electron chi connectivity index (χ2n) is 5.71. The standard InChI is InChI=1S/C16H19ClN4O2/c1-11-9-20(10-12(2)23-11)16(22)19-13-4-5-15(14(17)8-13)21-7-3-6-18-21/h3-8,11-12H,9-10H2,1-2H3,(H,19,22). The molecule has 0 radical (unpaired) electrons. The third-order valence-corrected chi connectivity index (χ3v) is 3.96. The first kappa shape index (κ1) is 15.8. The van der Waals surface area contributed by atoms with Crippen molar-refractivity contribution in [1.82, 2.24) is 14.7 Å². The zero-order chi connectivity index (χ0) is 16.4. The molecule has 1 aliphatic heterocycles. The van der Waals surface area contributed by atoms with Crippen LogP contribution in [0.15, 0.2) is 36.7 Å². The molecule has 1 aromatic carbocycles. The fourth-order valence-electron chi connectivity index (χ4n) is 2.73. The van der Waals surface area contributed by atoms with Gasteiger partial charge >= 0.3 is 6.03 Å². The number of rotatable bonds is 2. The maximum Gasteiger partial charge on any atom is 0.322 e. The number of nitrogens with zero attached hydrogens (tertiary/aromatic N) is 3. The number of anilines is 1. The summed E-state index contributed by atoms with van der Waals surface area (Å²) in [5.74, 6) is 0. The number of hydrogen-bond acceptors (Lipinski definition) is 3. The summed E-state index contributed by atoms with van der Waals surface area (Å²) >= 11 is 6.29. The molecule has 0 saturated carbocycles. The van der Waals surface area contributed by atoms with Gasteiger partial charge in [0.1, 0.15) is 0 Å². The van der Waals surface area contributed by atoms with Crippen LogP contribution in [0, 0.1) is 0 Å². The van der Waals surface area contributed by atoms with Gasteiger partial charge in [0.05, 0.1) is 22.9 Å². The lowest BCUT2D eigenvalue weighted by molar-refractivity contribution is -0.0530. The summed E-state index contributed by atoms with van der Waals surface area (Å²) in [6.45, 7) is 5.09. The third kappa shape index (κ3) is 3.65. The molecule has 0 spiro atoms. The molecule has 1 aromatic heterocycles. The topological polar surface area (TPSA) is 59.4 Å². The highest BCUT2D eigenvalue weighted by molar-refractivity contribution is 6.32. The van der Waals surface area contributed by atoms with Gasteiger partial charge in [0, 0.05) is 31.2 Å². The van der Waals surface area contributed by atoms with E-state index >= 15 is 0 Å². The number of urea groups is 1. The number of amides is 2. The van der Waals surface area contributed by atoms with Crippen molar-refractivity contribution in [1.29, 1.82) is 0 Å². The van der Waals surface area contributed by atoms with E-state index in [9.17, 15) is 4.79 Å². The molecule has 2 atom stereocenters. The van der Waals surface area contributed by atoms with Crippen molar-refractivity contribution >= 4 is 23.3 Å². The van der Waals surface area contributed by atoms with E-state index in [4.69, 9.17) is 16.3 Å². The lowest BCUT2D eigenvalue weighted by atomic mass is 10.2. The molecule has 6 nitrogen and oxygen atoms in total. The molecule has 3 rings (SSSR count). The van der Waals surface area contributed by atoms with E-state index in [1.807, 2.05) is 38.2 Å². The van der Waals surface area contributed by atoms with Gasteiger partial charge in [-0.3, -0.25) is 0 Å². The quantitative estimate of drug-likeness (QED) is 0.917. The summed E-state index contributed by atoms with van der Waals surface area (Å²) in [7, 11) is 0. The number of carbonyl (C=O) groups is 1. The molecule has 0 bridgehead atoms. The van der Waals surface area contributed by atoms with Crippen LogP contribution in [0.5, 0.6) is 0 Å². The van der Waals surface area contributed by atoms with Crippen LogP contribution in [0.3, 0.4) is 0 Å². The van der Waals surface area contributed by atoms with Gasteiger partial charge in [0.25, 0.3) is 0 Å². The molecular formula is C16H19ClN4O2. The molecule has 1 saturated heterocycles. The average Bonchev–Trinajstić information content (AvgIpc) is 3.00. The molecule has 2 heterocycles. The number of hydrogen-bond donors (Lipinski definition) is 1. The van der Waals surface area contributed by atoms with Gasteiger partial charge in [-0.1, -0.05) is 11.6 Å². The SMILES string of the molecule is CC1CN(C(=O)Nc2ccc(-n3cccn3)c(Cl)c2)CC(C)O1. The maximum atomic E-state index is 12.4. The molecule has 0 aliphatic carbocycles.